The van der Waals surface area contributed by atoms with E-state index in [0.717, 1.165) is 61.0 Å². The monoisotopic (exact) mass is 450 g/mol. The van der Waals surface area contributed by atoms with Crippen LogP contribution in [0.1, 0.15) is 80.2 Å². The molecule has 0 saturated heterocycles. The normalized spacial score (nSPS) is 16.2. The molecule has 0 bridgehead atoms. The lowest BCUT2D eigenvalue weighted by molar-refractivity contribution is 0.0534. The molecule has 4 nitrogen and oxygen atoms in total. The molecule has 0 aromatic heterocycles. The Labute approximate surface area is 198 Å². The highest BCUT2D eigenvalue weighted by atomic mass is 16.5. The van der Waals surface area contributed by atoms with Gasteiger partial charge in [-0.3, -0.25) is 0 Å². The van der Waals surface area contributed by atoms with Crippen LogP contribution in [0.3, 0.4) is 0 Å². The van der Waals surface area contributed by atoms with Crippen molar-refractivity contribution >= 4 is 0 Å². The summed E-state index contributed by atoms with van der Waals surface area (Å²) in [5, 5.41) is 29.2. The largest absolute Gasteiger partial charge is 0.491 e. The molecule has 0 heterocycles. The summed E-state index contributed by atoms with van der Waals surface area (Å²) in [7, 11) is 0. The van der Waals surface area contributed by atoms with Crippen molar-refractivity contribution in [3.63, 3.8) is 0 Å². The minimum Gasteiger partial charge on any atom is -0.491 e. The van der Waals surface area contributed by atoms with Gasteiger partial charge in [-0.1, -0.05) is 50.0 Å². The number of aryl methyl sites for hydroxylation is 2. The summed E-state index contributed by atoms with van der Waals surface area (Å²) >= 11 is 0. The zero-order valence-electron chi connectivity index (χ0n) is 20.4. The highest BCUT2D eigenvalue weighted by Crippen LogP contribution is 2.41. The van der Waals surface area contributed by atoms with Gasteiger partial charge in [0, 0.05) is 11.0 Å². The Hall–Kier alpha value is -2.32. The fourth-order valence-electron chi connectivity index (χ4n) is 4.95. The van der Waals surface area contributed by atoms with Crippen molar-refractivity contribution < 1.29 is 20.1 Å². The highest BCUT2D eigenvalue weighted by Gasteiger charge is 2.32. The number of hydrogen-bond acceptors (Lipinski definition) is 4. The number of hydrogen-bond donors (Lipinski definition) is 3. The van der Waals surface area contributed by atoms with Gasteiger partial charge >= 0.3 is 0 Å². The van der Waals surface area contributed by atoms with E-state index in [-0.39, 0.29) is 18.6 Å². The molecule has 33 heavy (non-hydrogen) atoms. The van der Waals surface area contributed by atoms with Crippen LogP contribution in [0.25, 0.3) is 0 Å². The second-order valence-electron chi connectivity index (χ2n) is 9.44. The van der Waals surface area contributed by atoms with Gasteiger partial charge in [0.05, 0.1) is 6.61 Å². The van der Waals surface area contributed by atoms with Gasteiger partial charge in [-0.15, -0.1) is 0 Å². The van der Waals surface area contributed by atoms with E-state index in [4.69, 9.17) is 9.84 Å². The molecule has 3 rings (SSSR count). The summed E-state index contributed by atoms with van der Waals surface area (Å²) < 4.78 is 5.70. The fourth-order valence-corrected chi connectivity index (χ4v) is 4.95. The summed E-state index contributed by atoms with van der Waals surface area (Å²) in [5.41, 5.74) is 4.65. The van der Waals surface area contributed by atoms with E-state index in [2.05, 4.69) is 62.9 Å². The SMILES string of the molecule is CCC(CC)(c1ccc(C#CC2(O)CCCC2)c(C)c1)c1ccc(OC[C@@H](O)CO)c(C)c1. The minimum atomic E-state index is -0.881. The number of rotatable bonds is 8. The van der Waals surface area contributed by atoms with E-state index < -0.39 is 11.7 Å². The van der Waals surface area contributed by atoms with E-state index in [1.54, 1.807) is 0 Å². The Kier molecular flexibility index (Phi) is 8.23. The standard InChI is InChI=1S/C29H38O4/c1-5-29(6-2,25-11-12-27(22(4)18-25)33-20-26(31)19-30)24-10-9-23(21(3)17-24)13-16-28(32)14-7-8-15-28/h9-12,17-18,26,30-32H,5-8,14-15,19-20H2,1-4H3/t26-/m0/s1. The predicted octanol–water partition coefficient (Wildman–Crippen LogP) is 4.80. The quantitative estimate of drug-likeness (QED) is 0.506. The van der Waals surface area contributed by atoms with Crippen LogP contribution in [0.4, 0.5) is 0 Å². The zero-order valence-corrected chi connectivity index (χ0v) is 20.4. The first-order valence-electron chi connectivity index (χ1n) is 12.2. The third-order valence-corrected chi connectivity index (χ3v) is 7.22. The van der Waals surface area contributed by atoms with E-state index >= 15 is 0 Å². The van der Waals surface area contributed by atoms with Gasteiger partial charge in [0.1, 0.15) is 24.1 Å². The smallest absolute Gasteiger partial charge is 0.125 e. The topological polar surface area (TPSA) is 69.9 Å². The van der Waals surface area contributed by atoms with Crippen LogP contribution in [0.2, 0.25) is 0 Å². The van der Waals surface area contributed by atoms with Gasteiger partial charge in [0.15, 0.2) is 0 Å². The van der Waals surface area contributed by atoms with Crippen LogP contribution in [0.5, 0.6) is 5.75 Å². The Morgan fingerprint density at radius 1 is 1.00 bits per heavy atom. The minimum absolute atomic E-state index is 0.0696. The van der Waals surface area contributed by atoms with Crippen molar-refractivity contribution in [2.75, 3.05) is 13.2 Å². The molecule has 2 aromatic rings. The summed E-state index contributed by atoms with van der Waals surface area (Å²) in [6.07, 6.45) is 4.66. The van der Waals surface area contributed by atoms with E-state index in [9.17, 15) is 10.2 Å². The molecule has 3 N–H and O–H groups in total. The third kappa shape index (κ3) is 5.61. The van der Waals surface area contributed by atoms with E-state index in [1.807, 2.05) is 13.0 Å². The molecule has 1 saturated carbocycles. The van der Waals surface area contributed by atoms with Crippen molar-refractivity contribution in [1.82, 2.24) is 0 Å². The Morgan fingerprint density at radius 3 is 2.15 bits per heavy atom. The van der Waals surface area contributed by atoms with Gasteiger partial charge in [-0.25, -0.2) is 0 Å². The first kappa shape index (κ1) is 25.3. The highest BCUT2D eigenvalue weighted by molar-refractivity contribution is 5.50. The van der Waals surface area contributed by atoms with Crippen LogP contribution in [-0.4, -0.2) is 40.2 Å². The van der Waals surface area contributed by atoms with Crippen LogP contribution < -0.4 is 4.74 Å². The summed E-state index contributed by atoms with van der Waals surface area (Å²) in [5.74, 6) is 7.09. The van der Waals surface area contributed by atoms with Gasteiger partial charge < -0.3 is 20.1 Å². The summed E-state index contributed by atoms with van der Waals surface area (Å²) in [6.45, 7) is 8.30. The van der Waals surface area contributed by atoms with Crippen LogP contribution >= 0.6 is 0 Å². The first-order valence-corrected chi connectivity index (χ1v) is 12.2. The van der Waals surface area contributed by atoms with Gasteiger partial charge in [0.2, 0.25) is 0 Å². The molecular formula is C29H38O4. The molecule has 0 aliphatic heterocycles. The second kappa shape index (κ2) is 10.7. The maximum atomic E-state index is 10.6. The molecule has 1 fully saturated rings. The number of ether oxygens (including phenoxy) is 1. The van der Waals surface area contributed by atoms with Crippen molar-refractivity contribution in [2.24, 2.45) is 0 Å². The Balaban J connectivity index is 1.91. The van der Waals surface area contributed by atoms with E-state index in [1.165, 1.54) is 11.1 Å². The number of benzene rings is 2. The lowest BCUT2D eigenvalue weighted by Crippen LogP contribution is -2.26. The Bertz CT molecular complexity index is 1000. The van der Waals surface area contributed by atoms with Gasteiger partial charge in [-0.05, 0) is 86.8 Å². The molecule has 0 radical (unpaired) electrons. The van der Waals surface area contributed by atoms with Crippen LogP contribution in [0, 0.1) is 25.7 Å². The van der Waals surface area contributed by atoms with Crippen LogP contribution in [0.15, 0.2) is 36.4 Å². The predicted molar refractivity (Wildman–Crippen MR) is 133 cm³/mol. The Morgan fingerprint density at radius 2 is 1.61 bits per heavy atom. The molecule has 0 spiro atoms. The van der Waals surface area contributed by atoms with Crippen molar-refractivity contribution in [3.8, 4) is 17.6 Å². The molecule has 1 aliphatic carbocycles. The maximum Gasteiger partial charge on any atom is 0.125 e. The average Bonchev–Trinajstić information content (AvgIpc) is 3.25. The molecule has 2 aromatic carbocycles. The lowest BCUT2D eigenvalue weighted by Gasteiger charge is -2.34. The zero-order chi connectivity index (χ0) is 24.1. The number of aliphatic hydroxyl groups is 3. The average molecular weight is 451 g/mol. The van der Waals surface area contributed by atoms with Crippen molar-refractivity contribution in [1.29, 1.82) is 0 Å². The molecule has 1 aliphatic rings. The van der Waals surface area contributed by atoms with E-state index in [0.29, 0.717) is 0 Å². The second-order valence-corrected chi connectivity index (χ2v) is 9.44. The molecule has 4 heteroatoms. The third-order valence-electron chi connectivity index (χ3n) is 7.22. The van der Waals surface area contributed by atoms with Gasteiger partial charge in [0.25, 0.3) is 0 Å². The fraction of sp³-hybridized carbons (Fsp3) is 0.517. The van der Waals surface area contributed by atoms with Crippen LogP contribution in [-0.2, 0) is 5.41 Å². The summed E-state index contributed by atoms with van der Waals surface area (Å²) in [6, 6.07) is 12.8. The molecule has 0 unspecified atom stereocenters. The first-order chi connectivity index (χ1) is 15.8. The van der Waals surface area contributed by atoms with Gasteiger partial charge in [-0.2, -0.15) is 0 Å². The molecular weight excluding hydrogens is 412 g/mol. The molecule has 0 amide bonds. The molecule has 178 valence electrons. The van der Waals surface area contributed by atoms with Crippen molar-refractivity contribution in [2.45, 2.75) is 83.3 Å². The lowest BCUT2D eigenvalue weighted by atomic mass is 9.70. The molecule has 1 atom stereocenters. The van der Waals surface area contributed by atoms with Crippen molar-refractivity contribution in [3.05, 3.63) is 64.2 Å². The maximum absolute atomic E-state index is 10.6. The number of aliphatic hydroxyl groups excluding tert-OH is 2. The summed E-state index contributed by atoms with van der Waals surface area (Å²) in [4.78, 5) is 0.